The zero-order chi connectivity index (χ0) is 19.0. The van der Waals surface area contributed by atoms with Gasteiger partial charge in [-0.15, -0.1) is 0 Å². The highest BCUT2D eigenvalue weighted by atomic mass is 35.5. The highest BCUT2D eigenvalue weighted by Crippen LogP contribution is 2.30. The summed E-state index contributed by atoms with van der Waals surface area (Å²) < 4.78 is 20.8. The van der Waals surface area contributed by atoms with Crippen molar-refractivity contribution in [1.29, 1.82) is 0 Å². The molecule has 0 saturated heterocycles. The van der Waals surface area contributed by atoms with Gasteiger partial charge in [-0.05, 0) is 41.8 Å². The van der Waals surface area contributed by atoms with Crippen molar-refractivity contribution in [1.82, 2.24) is 9.47 Å². The average molecular weight is 387 g/mol. The van der Waals surface area contributed by atoms with Crippen molar-refractivity contribution in [3.8, 4) is 0 Å². The first kappa shape index (κ1) is 18.0. The predicted molar refractivity (Wildman–Crippen MR) is 104 cm³/mol. The lowest BCUT2D eigenvalue weighted by atomic mass is 10.1. The number of amides is 1. The molecule has 1 aromatic heterocycles. The third-order valence-electron chi connectivity index (χ3n) is 5.07. The minimum Gasteiger partial charge on any atom is -0.383 e. The van der Waals surface area contributed by atoms with Crippen LogP contribution in [0, 0.1) is 5.82 Å². The van der Waals surface area contributed by atoms with Gasteiger partial charge in [0.05, 0.1) is 11.6 Å². The molecule has 1 amide bonds. The quantitative estimate of drug-likeness (QED) is 0.670. The number of methoxy groups -OCH3 is 1. The van der Waals surface area contributed by atoms with Crippen LogP contribution in [0.4, 0.5) is 4.39 Å². The number of carbonyl (C=O) groups excluding carboxylic acids is 1. The number of carbonyl (C=O) groups is 1. The van der Waals surface area contributed by atoms with E-state index in [0.717, 1.165) is 18.5 Å². The van der Waals surface area contributed by atoms with E-state index in [1.54, 1.807) is 12.0 Å². The van der Waals surface area contributed by atoms with Crippen molar-refractivity contribution >= 4 is 28.4 Å². The molecule has 0 unspecified atom stereocenters. The molecular weight excluding hydrogens is 367 g/mol. The molecule has 0 saturated carbocycles. The maximum Gasteiger partial charge on any atom is 0.254 e. The van der Waals surface area contributed by atoms with Gasteiger partial charge in [0.25, 0.3) is 5.91 Å². The molecule has 2 heterocycles. The summed E-state index contributed by atoms with van der Waals surface area (Å²) in [7, 11) is 1.70. The number of hydrogen-bond donors (Lipinski definition) is 0. The molecule has 1 aliphatic heterocycles. The summed E-state index contributed by atoms with van der Waals surface area (Å²) in [6.07, 6.45) is 2.93. The van der Waals surface area contributed by atoms with Gasteiger partial charge in [-0.2, -0.15) is 0 Å². The number of aromatic nitrogens is 1. The van der Waals surface area contributed by atoms with E-state index >= 15 is 0 Å². The standard InChI is InChI=1S/C21H20ClFN2O2/c1-27-10-9-24-12-16-7-8-25(13-15-3-2-4-19(24)20(15)16)21(26)14-5-6-18(23)17(22)11-14/h2-6,11-12H,7-10,13H2,1H3. The van der Waals surface area contributed by atoms with Gasteiger partial charge in [0.15, 0.2) is 0 Å². The van der Waals surface area contributed by atoms with Gasteiger partial charge in [-0.3, -0.25) is 4.79 Å². The van der Waals surface area contributed by atoms with E-state index in [4.69, 9.17) is 16.3 Å². The van der Waals surface area contributed by atoms with Crippen LogP contribution in [0.3, 0.4) is 0 Å². The zero-order valence-corrected chi connectivity index (χ0v) is 15.8. The summed E-state index contributed by atoms with van der Waals surface area (Å²) in [6, 6.07) is 10.3. The van der Waals surface area contributed by atoms with Gasteiger partial charge in [0, 0.05) is 49.4 Å². The molecule has 4 rings (SSSR count). The SMILES string of the molecule is COCCn1cc2c3c(cccc31)CN(C(=O)c1ccc(F)c(Cl)c1)CC2. The summed E-state index contributed by atoms with van der Waals surface area (Å²) in [4.78, 5) is 14.7. The molecular formula is C21H20ClFN2O2. The average Bonchev–Trinajstić information content (AvgIpc) is 2.92. The number of nitrogens with zero attached hydrogens (tertiary/aromatic N) is 2. The Morgan fingerprint density at radius 1 is 1.26 bits per heavy atom. The maximum atomic E-state index is 13.4. The highest BCUT2D eigenvalue weighted by Gasteiger charge is 2.23. The molecule has 0 fully saturated rings. The Morgan fingerprint density at radius 3 is 2.89 bits per heavy atom. The smallest absolute Gasteiger partial charge is 0.254 e. The van der Waals surface area contributed by atoms with Crippen LogP contribution in [0.2, 0.25) is 5.02 Å². The molecule has 0 atom stereocenters. The highest BCUT2D eigenvalue weighted by molar-refractivity contribution is 6.31. The fraction of sp³-hybridized carbons (Fsp3) is 0.286. The molecule has 2 aromatic carbocycles. The topological polar surface area (TPSA) is 34.5 Å². The van der Waals surface area contributed by atoms with E-state index in [9.17, 15) is 9.18 Å². The normalized spacial score (nSPS) is 13.8. The van der Waals surface area contributed by atoms with Gasteiger partial charge in [0.1, 0.15) is 5.82 Å². The lowest BCUT2D eigenvalue weighted by Gasteiger charge is -2.21. The van der Waals surface area contributed by atoms with Crippen LogP contribution < -0.4 is 0 Å². The Morgan fingerprint density at radius 2 is 2.11 bits per heavy atom. The van der Waals surface area contributed by atoms with E-state index in [-0.39, 0.29) is 10.9 Å². The van der Waals surface area contributed by atoms with Crippen LogP contribution in [0.1, 0.15) is 21.5 Å². The fourth-order valence-corrected chi connectivity index (χ4v) is 3.92. The van der Waals surface area contributed by atoms with Gasteiger partial charge < -0.3 is 14.2 Å². The summed E-state index contributed by atoms with van der Waals surface area (Å²) in [6.45, 7) is 2.58. The van der Waals surface area contributed by atoms with Crippen molar-refractivity contribution in [3.05, 3.63) is 70.1 Å². The first-order valence-corrected chi connectivity index (χ1v) is 9.29. The second-order valence-electron chi connectivity index (χ2n) is 6.76. The Kier molecular flexibility index (Phi) is 4.89. The van der Waals surface area contributed by atoms with Gasteiger partial charge in [0.2, 0.25) is 0 Å². The molecule has 0 radical (unpaired) electrons. The van der Waals surface area contributed by atoms with Crippen LogP contribution in [0.15, 0.2) is 42.6 Å². The van der Waals surface area contributed by atoms with Crippen molar-refractivity contribution in [2.45, 2.75) is 19.5 Å². The van der Waals surface area contributed by atoms with Crippen molar-refractivity contribution in [3.63, 3.8) is 0 Å². The Bertz CT molecular complexity index is 1010. The second-order valence-corrected chi connectivity index (χ2v) is 7.16. The second kappa shape index (κ2) is 7.33. The predicted octanol–water partition coefficient (Wildman–Crippen LogP) is 4.28. The summed E-state index contributed by atoms with van der Waals surface area (Å²) >= 11 is 5.85. The van der Waals surface area contributed by atoms with E-state index in [2.05, 4.69) is 22.9 Å². The fourth-order valence-electron chi connectivity index (χ4n) is 3.74. The molecule has 4 nitrogen and oxygen atoms in total. The molecule has 0 spiro atoms. The Balaban J connectivity index is 1.66. The molecule has 140 valence electrons. The van der Waals surface area contributed by atoms with E-state index in [1.807, 2.05) is 6.07 Å². The first-order chi connectivity index (χ1) is 13.1. The third kappa shape index (κ3) is 3.33. The first-order valence-electron chi connectivity index (χ1n) is 8.91. The molecule has 3 aromatic rings. The lowest BCUT2D eigenvalue weighted by molar-refractivity contribution is 0.0747. The number of rotatable bonds is 4. The van der Waals surface area contributed by atoms with Crippen LogP contribution in [-0.2, 0) is 24.2 Å². The molecule has 0 bridgehead atoms. The third-order valence-corrected chi connectivity index (χ3v) is 5.36. The van der Waals surface area contributed by atoms with E-state index in [1.165, 1.54) is 34.7 Å². The summed E-state index contributed by atoms with van der Waals surface area (Å²) in [5.41, 5.74) is 3.94. The lowest BCUT2D eigenvalue weighted by Crippen LogP contribution is -2.31. The van der Waals surface area contributed by atoms with E-state index < -0.39 is 5.82 Å². The van der Waals surface area contributed by atoms with Crippen molar-refractivity contribution < 1.29 is 13.9 Å². The number of halogens is 2. The van der Waals surface area contributed by atoms with E-state index in [0.29, 0.717) is 25.3 Å². The van der Waals surface area contributed by atoms with Crippen molar-refractivity contribution in [2.24, 2.45) is 0 Å². The molecule has 27 heavy (non-hydrogen) atoms. The molecule has 6 heteroatoms. The van der Waals surface area contributed by atoms with Crippen molar-refractivity contribution in [2.75, 3.05) is 20.3 Å². The number of hydrogen-bond acceptors (Lipinski definition) is 2. The Hall–Kier alpha value is -2.37. The van der Waals surface area contributed by atoms with Crippen LogP contribution >= 0.6 is 11.6 Å². The zero-order valence-electron chi connectivity index (χ0n) is 15.0. The summed E-state index contributed by atoms with van der Waals surface area (Å²) in [5.74, 6) is -0.652. The van der Waals surface area contributed by atoms with Crippen LogP contribution in [-0.4, -0.2) is 35.6 Å². The van der Waals surface area contributed by atoms with Gasteiger partial charge >= 0.3 is 0 Å². The minimum atomic E-state index is -0.519. The number of benzene rings is 2. The molecule has 1 aliphatic rings. The minimum absolute atomic E-state index is 0.0335. The summed E-state index contributed by atoms with van der Waals surface area (Å²) in [5, 5.41) is 1.19. The largest absolute Gasteiger partial charge is 0.383 e. The van der Waals surface area contributed by atoms with Crippen LogP contribution in [0.25, 0.3) is 10.9 Å². The number of ether oxygens (including phenoxy) is 1. The molecule has 0 N–H and O–H groups in total. The monoisotopic (exact) mass is 386 g/mol. The Labute approximate surface area is 162 Å². The van der Waals surface area contributed by atoms with Crippen LogP contribution in [0.5, 0.6) is 0 Å². The van der Waals surface area contributed by atoms with Gasteiger partial charge in [-0.1, -0.05) is 23.7 Å². The maximum absolute atomic E-state index is 13.4. The molecule has 0 aliphatic carbocycles. The van der Waals surface area contributed by atoms with Gasteiger partial charge in [-0.25, -0.2) is 4.39 Å².